The van der Waals surface area contributed by atoms with Gasteiger partial charge in [0, 0.05) is 7.05 Å². The van der Waals surface area contributed by atoms with E-state index < -0.39 is 12.8 Å². The number of hydrogen-bond acceptors (Lipinski definition) is 4. The van der Waals surface area contributed by atoms with Crippen LogP contribution in [-0.4, -0.2) is 29.8 Å². The van der Waals surface area contributed by atoms with E-state index in [1.807, 2.05) is 0 Å². The monoisotopic (exact) mass is 207 g/mol. The molecule has 0 bridgehead atoms. The average molecular weight is 207 g/mol. The number of aromatic nitrogens is 2. The normalized spacial score (nSPS) is 11.1. The molecule has 0 fully saturated rings. The molecule has 0 saturated heterocycles. The molecule has 0 aliphatic rings. The lowest BCUT2D eigenvalue weighted by atomic mass is 10.6. The number of hydrogen-bond donors (Lipinski definition) is 1. The number of anilines is 1. The maximum absolute atomic E-state index is 11.7. The molecule has 78 valence electrons. The van der Waals surface area contributed by atoms with Gasteiger partial charge in [0.15, 0.2) is 12.4 Å². The molecular formula is C7H8F3N3O. The first kappa shape index (κ1) is 10.6. The van der Waals surface area contributed by atoms with Crippen LogP contribution in [0.25, 0.3) is 0 Å². The first-order valence-electron chi connectivity index (χ1n) is 3.70. The molecule has 0 saturated carbocycles. The predicted octanol–water partition coefficient (Wildman–Crippen LogP) is 1.46. The first-order chi connectivity index (χ1) is 6.51. The highest BCUT2D eigenvalue weighted by molar-refractivity contribution is 5.25. The van der Waals surface area contributed by atoms with E-state index in [2.05, 4.69) is 20.0 Å². The minimum atomic E-state index is -4.35. The zero-order valence-corrected chi connectivity index (χ0v) is 7.30. The van der Waals surface area contributed by atoms with Gasteiger partial charge in [-0.2, -0.15) is 13.2 Å². The van der Waals surface area contributed by atoms with Crippen LogP contribution in [0, 0.1) is 0 Å². The first-order valence-corrected chi connectivity index (χ1v) is 3.70. The highest BCUT2D eigenvalue weighted by Crippen LogP contribution is 2.17. The van der Waals surface area contributed by atoms with Crippen molar-refractivity contribution in [1.82, 2.24) is 9.97 Å². The summed E-state index contributed by atoms with van der Waals surface area (Å²) >= 11 is 0. The molecule has 1 aromatic rings. The SMILES string of the molecule is CNc1ncc(OCC(F)(F)F)cn1. The summed E-state index contributed by atoms with van der Waals surface area (Å²) in [5.74, 6) is 0.311. The van der Waals surface area contributed by atoms with Crippen molar-refractivity contribution in [2.75, 3.05) is 19.0 Å². The Labute approximate surface area is 78.1 Å². The van der Waals surface area contributed by atoms with Crippen molar-refractivity contribution in [2.24, 2.45) is 0 Å². The van der Waals surface area contributed by atoms with E-state index in [9.17, 15) is 13.2 Å². The van der Waals surface area contributed by atoms with Gasteiger partial charge < -0.3 is 10.1 Å². The van der Waals surface area contributed by atoms with E-state index in [0.717, 1.165) is 0 Å². The largest absolute Gasteiger partial charge is 0.481 e. The zero-order valence-electron chi connectivity index (χ0n) is 7.30. The van der Waals surface area contributed by atoms with Gasteiger partial charge >= 0.3 is 6.18 Å². The molecule has 1 heterocycles. The van der Waals surface area contributed by atoms with Gasteiger partial charge in [0.1, 0.15) is 0 Å². The van der Waals surface area contributed by atoms with Crippen molar-refractivity contribution in [3.05, 3.63) is 12.4 Å². The lowest BCUT2D eigenvalue weighted by molar-refractivity contribution is -0.153. The fourth-order valence-electron chi connectivity index (χ4n) is 0.685. The summed E-state index contributed by atoms with van der Waals surface area (Å²) in [6, 6.07) is 0. The third kappa shape index (κ3) is 3.46. The lowest BCUT2D eigenvalue weighted by Gasteiger charge is -2.08. The van der Waals surface area contributed by atoms with Crippen LogP contribution in [-0.2, 0) is 0 Å². The minimum absolute atomic E-state index is 0.0127. The molecule has 0 spiro atoms. The number of alkyl halides is 3. The smallest absolute Gasteiger partial charge is 0.422 e. The molecule has 14 heavy (non-hydrogen) atoms. The van der Waals surface area contributed by atoms with Gasteiger partial charge in [-0.15, -0.1) is 0 Å². The molecule has 0 amide bonds. The van der Waals surface area contributed by atoms with Gasteiger partial charge in [0.05, 0.1) is 12.4 Å². The van der Waals surface area contributed by atoms with Crippen LogP contribution in [0.5, 0.6) is 5.75 Å². The Balaban J connectivity index is 2.52. The molecular weight excluding hydrogens is 199 g/mol. The molecule has 0 aliphatic carbocycles. The third-order valence-corrected chi connectivity index (χ3v) is 1.25. The summed E-state index contributed by atoms with van der Waals surface area (Å²) in [6.45, 7) is -1.34. The number of halogens is 3. The summed E-state index contributed by atoms with van der Waals surface area (Å²) < 4.78 is 39.5. The molecule has 1 N–H and O–H groups in total. The Hall–Kier alpha value is -1.53. The zero-order chi connectivity index (χ0) is 10.6. The van der Waals surface area contributed by atoms with Gasteiger partial charge in [0.25, 0.3) is 0 Å². The minimum Gasteiger partial charge on any atom is -0.481 e. The fraction of sp³-hybridized carbons (Fsp3) is 0.429. The second-order valence-corrected chi connectivity index (χ2v) is 2.40. The van der Waals surface area contributed by atoms with Gasteiger partial charge in [-0.05, 0) is 0 Å². The summed E-state index contributed by atoms with van der Waals surface area (Å²) in [5, 5.41) is 2.63. The van der Waals surface area contributed by atoms with Crippen molar-refractivity contribution in [1.29, 1.82) is 0 Å². The topological polar surface area (TPSA) is 47.0 Å². The average Bonchev–Trinajstić information content (AvgIpc) is 2.14. The molecule has 0 aromatic carbocycles. The number of nitrogens with zero attached hydrogens (tertiary/aromatic N) is 2. The van der Waals surface area contributed by atoms with E-state index in [-0.39, 0.29) is 5.75 Å². The van der Waals surface area contributed by atoms with Gasteiger partial charge in [-0.1, -0.05) is 0 Å². The van der Waals surface area contributed by atoms with Crippen molar-refractivity contribution >= 4 is 5.95 Å². The van der Waals surface area contributed by atoms with Crippen LogP contribution in [0.1, 0.15) is 0 Å². The Kier molecular flexibility index (Phi) is 3.10. The number of rotatable bonds is 3. The molecule has 0 unspecified atom stereocenters. The fourth-order valence-corrected chi connectivity index (χ4v) is 0.685. The van der Waals surface area contributed by atoms with Crippen LogP contribution in [0.4, 0.5) is 19.1 Å². The Bertz CT molecular complexity index is 285. The Morgan fingerprint density at radius 3 is 2.36 bits per heavy atom. The predicted molar refractivity (Wildman–Crippen MR) is 43.1 cm³/mol. The standard InChI is InChI=1S/C7H8F3N3O/c1-11-6-12-2-5(3-13-6)14-4-7(8,9)10/h2-3H,4H2,1H3,(H,11,12,13). The van der Waals surface area contributed by atoms with Crippen LogP contribution in [0.3, 0.4) is 0 Å². The van der Waals surface area contributed by atoms with Gasteiger partial charge in [-0.3, -0.25) is 0 Å². The van der Waals surface area contributed by atoms with Crippen molar-refractivity contribution in [2.45, 2.75) is 6.18 Å². The van der Waals surface area contributed by atoms with E-state index in [4.69, 9.17) is 0 Å². The summed E-state index contributed by atoms with van der Waals surface area (Å²) in [6.07, 6.45) is -2.00. The molecule has 1 aromatic heterocycles. The highest BCUT2D eigenvalue weighted by Gasteiger charge is 2.28. The summed E-state index contributed by atoms with van der Waals surface area (Å²) in [4.78, 5) is 7.37. The Morgan fingerprint density at radius 1 is 1.36 bits per heavy atom. The third-order valence-electron chi connectivity index (χ3n) is 1.25. The summed E-state index contributed by atoms with van der Waals surface area (Å²) in [7, 11) is 1.60. The van der Waals surface area contributed by atoms with Crippen LogP contribution in [0.15, 0.2) is 12.4 Å². The second-order valence-electron chi connectivity index (χ2n) is 2.40. The maximum atomic E-state index is 11.7. The van der Waals surface area contributed by atoms with Crippen LogP contribution >= 0.6 is 0 Å². The van der Waals surface area contributed by atoms with E-state index >= 15 is 0 Å². The lowest BCUT2D eigenvalue weighted by Crippen LogP contribution is -2.19. The van der Waals surface area contributed by atoms with E-state index in [1.54, 1.807) is 7.05 Å². The molecule has 1 rings (SSSR count). The van der Waals surface area contributed by atoms with Crippen LogP contribution < -0.4 is 10.1 Å². The number of ether oxygens (including phenoxy) is 1. The molecule has 0 atom stereocenters. The molecule has 7 heteroatoms. The molecule has 4 nitrogen and oxygen atoms in total. The molecule has 0 radical (unpaired) electrons. The van der Waals surface area contributed by atoms with Gasteiger partial charge in [0.2, 0.25) is 5.95 Å². The van der Waals surface area contributed by atoms with Crippen molar-refractivity contribution in [3.63, 3.8) is 0 Å². The Morgan fingerprint density at radius 2 is 1.93 bits per heavy atom. The second kappa shape index (κ2) is 4.12. The quantitative estimate of drug-likeness (QED) is 0.815. The van der Waals surface area contributed by atoms with E-state index in [1.165, 1.54) is 12.4 Å². The molecule has 0 aliphatic heterocycles. The van der Waals surface area contributed by atoms with Gasteiger partial charge in [-0.25, -0.2) is 9.97 Å². The van der Waals surface area contributed by atoms with Crippen LogP contribution in [0.2, 0.25) is 0 Å². The number of nitrogens with one attached hydrogen (secondary N) is 1. The van der Waals surface area contributed by atoms with Crippen molar-refractivity contribution < 1.29 is 17.9 Å². The van der Waals surface area contributed by atoms with Crippen molar-refractivity contribution in [3.8, 4) is 5.75 Å². The summed E-state index contributed by atoms with van der Waals surface area (Å²) in [5.41, 5.74) is 0. The van der Waals surface area contributed by atoms with E-state index in [0.29, 0.717) is 5.95 Å². The highest BCUT2D eigenvalue weighted by atomic mass is 19.4. The maximum Gasteiger partial charge on any atom is 0.422 e.